The Morgan fingerprint density at radius 3 is 2.47 bits per heavy atom. The highest BCUT2D eigenvalue weighted by molar-refractivity contribution is 9.10. The molecule has 15 heavy (non-hydrogen) atoms. The molecule has 0 fully saturated rings. The summed E-state index contributed by atoms with van der Waals surface area (Å²) in [5, 5.41) is 0.488. The number of rotatable bonds is 5. The lowest BCUT2D eigenvalue weighted by Crippen LogP contribution is -2.12. The third-order valence-electron chi connectivity index (χ3n) is 1.82. The molecular formula is C10H10Br2F2O. The van der Waals surface area contributed by atoms with Gasteiger partial charge in [0.2, 0.25) is 0 Å². The first-order chi connectivity index (χ1) is 7.15. The first-order valence-corrected chi connectivity index (χ1v) is 6.26. The Balaban J connectivity index is 2.70. The molecule has 0 aliphatic rings. The summed E-state index contributed by atoms with van der Waals surface area (Å²) in [4.78, 5) is 0. The summed E-state index contributed by atoms with van der Waals surface area (Å²) >= 11 is 6.60. The van der Waals surface area contributed by atoms with Crippen LogP contribution in [0, 0.1) is 0 Å². The van der Waals surface area contributed by atoms with Crippen molar-refractivity contribution >= 4 is 31.9 Å². The van der Waals surface area contributed by atoms with E-state index >= 15 is 0 Å². The van der Waals surface area contributed by atoms with Crippen LogP contribution in [0.3, 0.4) is 0 Å². The van der Waals surface area contributed by atoms with E-state index in [9.17, 15) is 8.78 Å². The minimum atomic E-state index is -2.44. The molecule has 5 heteroatoms. The Hall–Kier alpha value is -0.000000000000000111. The molecule has 0 aromatic heterocycles. The number of hydrogen-bond acceptors (Lipinski definition) is 1. The van der Waals surface area contributed by atoms with Gasteiger partial charge in [0.25, 0.3) is 6.43 Å². The predicted molar refractivity (Wildman–Crippen MR) is 62.6 cm³/mol. The van der Waals surface area contributed by atoms with Gasteiger partial charge in [0.1, 0.15) is 6.61 Å². The fraction of sp³-hybridized carbons (Fsp3) is 0.400. The van der Waals surface area contributed by atoms with Gasteiger partial charge in [-0.25, -0.2) is 8.78 Å². The molecule has 1 nitrogen and oxygen atoms in total. The molecule has 0 aliphatic carbocycles. The van der Waals surface area contributed by atoms with E-state index in [0.717, 1.165) is 10.0 Å². The van der Waals surface area contributed by atoms with Gasteiger partial charge in [-0.2, -0.15) is 0 Å². The highest BCUT2D eigenvalue weighted by Gasteiger charge is 2.15. The number of benzene rings is 1. The summed E-state index contributed by atoms with van der Waals surface area (Å²) < 4.78 is 29.9. The van der Waals surface area contributed by atoms with E-state index in [1.807, 2.05) is 24.3 Å². The molecule has 1 aromatic carbocycles. The molecular weight excluding hydrogens is 334 g/mol. The summed E-state index contributed by atoms with van der Waals surface area (Å²) in [6.07, 6.45) is -2.79. The first-order valence-electron chi connectivity index (χ1n) is 4.35. The van der Waals surface area contributed by atoms with Crippen molar-refractivity contribution in [1.29, 1.82) is 0 Å². The molecule has 0 saturated carbocycles. The third-order valence-corrected chi connectivity index (χ3v) is 3.13. The van der Waals surface area contributed by atoms with Crippen LogP contribution in [0.5, 0.6) is 0 Å². The third kappa shape index (κ3) is 4.17. The maximum Gasteiger partial charge on any atom is 0.261 e. The van der Waals surface area contributed by atoms with E-state index in [0.29, 0.717) is 5.33 Å². The summed E-state index contributed by atoms with van der Waals surface area (Å²) in [5.41, 5.74) is 0.870. The molecule has 0 spiro atoms. The molecule has 84 valence electrons. The summed E-state index contributed by atoms with van der Waals surface area (Å²) in [5.74, 6) is 0. The molecule has 1 aromatic rings. The van der Waals surface area contributed by atoms with Gasteiger partial charge in [-0.15, -0.1) is 0 Å². The quantitative estimate of drug-likeness (QED) is 0.729. The van der Waals surface area contributed by atoms with E-state index in [2.05, 4.69) is 31.9 Å². The Morgan fingerprint density at radius 1 is 1.27 bits per heavy atom. The van der Waals surface area contributed by atoms with Crippen molar-refractivity contribution in [3.8, 4) is 0 Å². The average Bonchev–Trinajstić information content (AvgIpc) is 2.21. The molecule has 1 atom stereocenters. The fourth-order valence-corrected chi connectivity index (χ4v) is 2.22. The highest BCUT2D eigenvalue weighted by atomic mass is 79.9. The summed E-state index contributed by atoms with van der Waals surface area (Å²) in [7, 11) is 0. The van der Waals surface area contributed by atoms with Crippen molar-refractivity contribution in [3.63, 3.8) is 0 Å². The zero-order valence-corrected chi connectivity index (χ0v) is 11.0. The average molecular weight is 344 g/mol. The number of hydrogen-bond donors (Lipinski definition) is 0. The SMILES string of the molecule is FC(F)COC(CBr)c1ccccc1Br. The highest BCUT2D eigenvalue weighted by Crippen LogP contribution is 2.27. The largest absolute Gasteiger partial charge is 0.367 e. The molecule has 0 amide bonds. The van der Waals surface area contributed by atoms with Gasteiger partial charge >= 0.3 is 0 Å². The van der Waals surface area contributed by atoms with Crippen LogP contribution in [-0.2, 0) is 4.74 Å². The molecule has 0 aliphatic heterocycles. The lowest BCUT2D eigenvalue weighted by atomic mass is 10.1. The number of ether oxygens (including phenoxy) is 1. The van der Waals surface area contributed by atoms with Crippen molar-refractivity contribution in [1.82, 2.24) is 0 Å². The van der Waals surface area contributed by atoms with Crippen LogP contribution in [0.2, 0.25) is 0 Å². The van der Waals surface area contributed by atoms with E-state index in [4.69, 9.17) is 4.74 Å². The molecule has 0 radical (unpaired) electrons. The van der Waals surface area contributed by atoms with Crippen molar-refractivity contribution < 1.29 is 13.5 Å². The smallest absolute Gasteiger partial charge is 0.261 e. The maximum absolute atomic E-state index is 12.0. The van der Waals surface area contributed by atoms with Crippen molar-refractivity contribution in [2.45, 2.75) is 12.5 Å². The van der Waals surface area contributed by atoms with Gasteiger partial charge in [0.05, 0.1) is 6.10 Å². The molecule has 0 saturated heterocycles. The van der Waals surface area contributed by atoms with Crippen LogP contribution < -0.4 is 0 Å². The molecule has 0 heterocycles. The van der Waals surface area contributed by atoms with Gasteiger partial charge in [0.15, 0.2) is 0 Å². The van der Waals surface area contributed by atoms with Crippen molar-refractivity contribution in [2.75, 3.05) is 11.9 Å². The molecule has 0 bridgehead atoms. The van der Waals surface area contributed by atoms with E-state index < -0.39 is 13.0 Å². The predicted octanol–water partition coefficient (Wildman–Crippen LogP) is 4.17. The summed E-state index contributed by atoms with van der Waals surface area (Å²) in [6.45, 7) is -0.544. The van der Waals surface area contributed by atoms with E-state index in [1.54, 1.807) is 0 Å². The van der Waals surface area contributed by atoms with Crippen LogP contribution in [0.4, 0.5) is 8.78 Å². The molecule has 1 rings (SSSR count). The van der Waals surface area contributed by atoms with Crippen LogP contribution in [-0.4, -0.2) is 18.4 Å². The van der Waals surface area contributed by atoms with Crippen LogP contribution >= 0.6 is 31.9 Å². The van der Waals surface area contributed by atoms with Gasteiger partial charge in [-0.1, -0.05) is 50.1 Å². The van der Waals surface area contributed by atoms with E-state index in [1.165, 1.54) is 0 Å². The maximum atomic E-state index is 12.0. The van der Waals surface area contributed by atoms with Gasteiger partial charge in [0, 0.05) is 9.80 Å². The van der Waals surface area contributed by atoms with Crippen LogP contribution in [0.15, 0.2) is 28.7 Å². The summed E-state index contributed by atoms with van der Waals surface area (Å²) in [6, 6.07) is 7.42. The van der Waals surface area contributed by atoms with Gasteiger partial charge in [-0.3, -0.25) is 0 Å². The monoisotopic (exact) mass is 342 g/mol. The van der Waals surface area contributed by atoms with E-state index in [-0.39, 0.29) is 6.10 Å². The lowest BCUT2D eigenvalue weighted by Gasteiger charge is -2.16. The lowest BCUT2D eigenvalue weighted by molar-refractivity contribution is -0.0161. The minimum absolute atomic E-state index is 0.352. The van der Waals surface area contributed by atoms with Crippen molar-refractivity contribution in [3.05, 3.63) is 34.3 Å². The van der Waals surface area contributed by atoms with Crippen molar-refractivity contribution in [2.24, 2.45) is 0 Å². The zero-order chi connectivity index (χ0) is 11.3. The topological polar surface area (TPSA) is 9.23 Å². The Morgan fingerprint density at radius 2 is 1.93 bits per heavy atom. The molecule has 1 unspecified atom stereocenters. The second kappa shape index (κ2) is 6.55. The first kappa shape index (κ1) is 13.1. The standard InChI is InChI=1S/C10H10Br2F2O/c11-5-9(15-6-10(13)14)7-3-1-2-4-8(7)12/h1-4,9-10H,5-6H2. The fourth-order valence-electron chi connectivity index (χ4n) is 1.14. The zero-order valence-electron chi connectivity index (χ0n) is 7.80. The Labute approximate surface area is 104 Å². The normalized spacial score (nSPS) is 13.1. The Bertz CT molecular complexity index is 307. The molecule has 0 N–H and O–H groups in total. The van der Waals surface area contributed by atoms with Crippen LogP contribution in [0.25, 0.3) is 0 Å². The Kier molecular flexibility index (Phi) is 5.71. The number of halogens is 4. The second-order valence-corrected chi connectivity index (χ2v) is 4.39. The van der Waals surface area contributed by atoms with Gasteiger partial charge < -0.3 is 4.74 Å². The number of alkyl halides is 3. The van der Waals surface area contributed by atoms with Gasteiger partial charge in [-0.05, 0) is 11.6 Å². The second-order valence-electron chi connectivity index (χ2n) is 2.89. The minimum Gasteiger partial charge on any atom is -0.367 e. The van der Waals surface area contributed by atoms with Crippen LogP contribution in [0.1, 0.15) is 11.7 Å².